The lowest BCUT2D eigenvalue weighted by Gasteiger charge is -2.05. The van der Waals surface area contributed by atoms with Gasteiger partial charge in [-0.3, -0.25) is 4.79 Å². The molecule has 2 aromatic carbocycles. The lowest BCUT2D eigenvalue weighted by atomic mass is 10.2. The second kappa shape index (κ2) is 5.97. The maximum Gasteiger partial charge on any atom is 0.312 e. The number of esters is 1. The molecule has 3 rings (SSSR count). The monoisotopic (exact) mass is 301 g/mol. The third kappa shape index (κ3) is 3.06. The fourth-order valence-electron chi connectivity index (χ4n) is 2.03. The average Bonchev–Trinajstić information content (AvgIpc) is 2.90. The van der Waals surface area contributed by atoms with Crippen LogP contribution in [0, 0.1) is 0 Å². The highest BCUT2D eigenvalue weighted by Gasteiger charge is 2.13. The lowest BCUT2D eigenvalue weighted by molar-refractivity contribution is -0.144. The van der Waals surface area contributed by atoms with Gasteiger partial charge in [-0.15, -0.1) is 0 Å². The first-order chi connectivity index (χ1) is 10.2. The van der Waals surface area contributed by atoms with Crippen LogP contribution in [0.15, 0.2) is 53.1 Å². The Hall–Kier alpha value is -2.33. The Morgan fingerprint density at radius 3 is 2.76 bits per heavy atom. The summed E-state index contributed by atoms with van der Waals surface area (Å²) in [5, 5.41) is 5.31. The summed E-state index contributed by atoms with van der Waals surface area (Å²) in [4.78, 5) is 11.9. The fourth-order valence-corrected chi connectivity index (χ4v) is 2.22. The second-order valence-electron chi connectivity index (χ2n) is 4.55. The molecule has 0 bridgehead atoms. The van der Waals surface area contributed by atoms with E-state index in [1.54, 1.807) is 12.1 Å². The van der Waals surface area contributed by atoms with Crippen molar-refractivity contribution in [3.63, 3.8) is 0 Å². The van der Waals surface area contributed by atoms with Crippen molar-refractivity contribution >= 4 is 28.5 Å². The van der Waals surface area contributed by atoms with Crippen LogP contribution in [0.4, 0.5) is 0 Å². The van der Waals surface area contributed by atoms with E-state index in [1.807, 2.05) is 36.4 Å². The summed E-state index contributed by atoms with van der Waals surface area (Å²) in [6, 6.07) is 14.7. The molecule has 5 heteroatoms. The number of hydrogen-bond acceptors (Lipinski definition) is 4. The smallest absolute Gasteiger partial charge is 0.312 e. The van der Waals surface area contributed by atoms with E-state index in [0.29, 0.717) is 16.3 Å². The highest BCUT2D eigenvalue weighted by Crippen LogP contribution is 2.19. The molecule has 0 amide bonds. The molecule has 0 unspecified atom stereocenters. The molecule has 1 heterocycles. The molecule has 0 aliphatic carbocycles. The number of aromatic nitrogens is 1. The first-order valence-corrected chi connectivity index (χ1v) is 6.84. The van der Waals surface area contributed by atoms with Gasteiger partial charge >= 0.3 is 5.97 Å². The van der Waals surface area contributed by atoms with Gasteiger partial charge in [0.1, 0.15) is 12.3 Å². The molecule has 0 aliphatic heterocycles. The fraction of sp³-hybridized carbons (Fsp3) is 0.125. The minimum Gasteiger partial charge on any atom is -0.460 e. The van der Waals surface area contributed by atoms with Gasteiger partial charge in [-0.2, -0.15) is 0 Å². The maximum atomic E-state index is 11.9. The molecule has 0 fully saturated rings. The first-order valence-electron chi connectivity index (χ1n) is 6.46. The number of carbonyl (C=O) groups is 1. The highest BCUT2D eigenvalue weighted by atomic mass is 35.5. The Balaban J connectivity index is 1.66. The van der Waals surface area contributed by atoms with Crippen LogP contribution >= 0.6 is 11.6 Å². The summed E-state index contributed by atoms with van der Waals surface area (Å²) in [7, 11) is 0. The predicted molar refractivity (Wildman–Crippen MR) is 79.0 cm³/mol. The van der Waals surface area contributed by atoms with Gasteiger partial charge in [0.05, 0.1) is 6.42 Å². The zero-order valence-corrected chi connectivity index (χ0v) is 11.8. The Labute approximate surface area is 126 Å². The number of fused-ring (bicyclic) bond motifs is 1. The van der Waals surface area contributed by atoms with Crippen molar-refractivity contribution in [1.29, 1.82) is 0 Å². The van der Waals surface area contributed by atoms with E-state index in [1.165, 1.54) is 0 Å². The summed E-state index contributed by atoms with van der Waals surface area (Å²) in [6.45, 7) is 0.147. The topological polar surface area (TPSA) is 52.3 Å². The Morgan fingerprint density at radius 2 is 1.90 bits per heavy atom. The van der Waals surface area contributed by atoms with Crippen molar-refractivity contribution < 1.29 is 14.1 Å². The van der Waals surface area contributed by atoms with Gasteiger partial charge in [-0.05, 0) is 18.2 Å². The second-order valence-corrected chi connectivity index (χ2v) is 4.96. The van der Waals surface area contributed by atoms with Crippen molar-refractivity contribution in [1.82, 2.24) is 5.16 Å². The number of nitrogens with zero attached hydrogens (tertiary/aromatic N) is 1. The zero-order valence-electron chi connectivity index (χ0n) is 11.1. The van der Waals surface area contributed by atoms with Crippen LogP contribution in [0.1, 0.15) is 11.3 Å². The molecule has 0 atom stereocenters. The Morgan fingerprint density at radius 1 is 1.14 bits per heavy atom. The third-order valence-electron chi connectivity index (χ3n) is 3.11. The summed E-state index contributed by atoms with van der Waals surface area (Å²) >= 11 is 6.01. The van der Waals surface area contributed by atoms with E-state index in [2.05, 4.69) is 5.16 Å². The molecule has 21 heavy (non-hydrogen) atoms. The van der Waals surface area contributed by atoms with E-state index in [4.69, 9.17) is 20.9 Å². The van der Waals surface area contributed by atoms with E-state index in [0.717, 1.165) is 10.9 Å². The summed E-state index contributed by atoms with van der Waals surface area (Å²) in [5.41, 5.74) is 2.01. The molecule has 0 N–H and O–H groups in total. The first kappa shape index (κ1) is 13.6. The molecule has 4 nitrogen and oxygen atoms in total. The number of benzene rings is 2. The summed E-state index contributed by atoms with van der Waals surface area (Å²) in [6.07, 6.45) is 0.0709. The maximum absolute atomic E-state index is 11.9. The zero-order chi connectivity index (χ0) is 14.7. The van der Waals surface area contributed by atoms with E-state index < -0.39 is 0 Å². The van der Waals surface area contributed by atoms with Crippen molar-refractivity contribution in [2.75, 3.05) is 0 Å². The molecular formula is C16H12ClNO3. The molecule has 1 aromatic heterocycles. The Kier molecular flexibility index (Phi) is 3.88. The van der Waals surface area contributed by atoms with Gasteiger partial charge in [-0.25, -0.2) is 0 Å². The third-order valence-corrected chi connectivity index (χ3v) is 3.48. The van der Waals surface area contributed by atoms with Crippen LogP contribution < -0.4 is 0 Å². The number of halogens is 1. The highest BCUT2D eigenvalue weighted by molar-refractivity contribution is 6.31. The van der Waals surface area contributed by atoms with Crippen molar-refractivity contribution in [3.8, 4) is 0 Å². The SMILES string of the molecule is O=C(Cc1noc2ccccc12)OCc1ccccc1Cl. The van der Waals surface area contributed by atoms with Crippen LogP contribution in [0.2, 0.25) is 5.02 Å². The van der Waals surface area contributed by atoms with Crippen LogP contribution in [0.25, 0.3) is 11.0 Å². The minimum absolute atomic E-state index is 0.0709. The van der Waals surface area contributed by atoms with Crippen LogP contribution in [-0.2, 0) is 22.6 Å². The van der Waals surface area contributed by atoms with E-state index >= 15 is 0 Å². The predicted octanol–water partition coefficient (Wildman–Crippen LogP) is 3.77. The van der Waals surface area contributed by atoms with Gasteiger partial charge in [0.15, 0.2) is 5.58 Å². The van der Waals surface area contributed by atoms with E-state index in [-0.39, 0.29) is 19.0 Å². The normalized spacial score (nSPS) is 10.7. The lowest BCUT2D eigenvalue weighted by Crippen LogP contribution is -2.08. The standard InChI is InChI=1S/C16H12ClNO3/c17-13-7-3-1-5-11(13)10-20-16(19)9-14-12-6-2-4-8-15(12)21-18-14/h1-8H,9-10H2. The van der Waals surface area contributed by atoms with E-state index in [9.17, 15) is 4.79 Å². The summed E-state index contributed by atoms with van der Waals surface area (Å²) in [5.74, 6) is -0.367. The van der Waals surface area contributed by atoms with Gasteiger partial charge < -0.3 is 9.26 Å². The van der Waals surface area contributed by atoms with Crippen molar-refractivity contribution in [2.24, 2.45) is 0 Å². The molecule has 0 saturated heterocycles. The van der Waals surface area contributed by atoms with Gasteiger partial charge in [0.2, 0.25) is 0 Å². The number of rotatable bonds is 4. The molecular weight excluding hydrogens is 290 g/mol. The van der Waals surface area contributed by atoms with Crippen molar-refractivity contribution in [3.05, 3.63) is 64.8 Å². The van der Waals surface area contributed by atoms with Crippen LogP contribution in [0.3, 0.4) is 0 Å². The molecule has 0 aliphatic rings. The largest absolute Gasteiger partial charge is 0.460 e. The van der Waals surface area contributed by atoms with Crippen molar-refractivity contribution in [2.45, 2.75) is 13.0 Å². The Bertz CT molecular complexity index is 782. The summed E-state index contributed by atoms with van der Waals surface area (Å²) < 4.78 is 10.4. The molecule has 3 aromatic rings. The minimum atomic E-state index is -0.367. The molecule has 106 valence electrons. The van der Waals surface area contributed by atoms with Crippen LogP contribution in [0.5, 0.6) is 0 Å². The molecule has 0 spiro atoms. The quantitative estimate of drug-likeness (QED) is 0.688. The number of para-hydroxylation sites is 1. The number of ether oxygens (including phenoxy) is 1. The van der Waals surface area contributed by atoms with Gasteiger partial charge in [-0.1, -0.05) is 47.1 Å². The van der Waals surface area contributed by atoms with Gasteiger partial charge in [0, 0.05) is 16.0 Å². The average molecular weight is 302 g/mol. The molecule has 0 saturated carbocycles. The van der Waals surface area contributed by atoms with Crippen LogP contribution in [-0.4, -0.2) is 11.1 Å². The molecule has 0 radical (unpaired) electrons. The number of hydrogen-bond donors (Lipinski definition) is 0. The number of carbonyl (C=O) groups excluding carboxylic acids is 1. The van der Waals surface area contributed by atoms with Gasteiger partial charge in [0.25, 0.3) is 0 Å².